The maximum absolute atomic E-state index is 14.1. The standard InChI is InChI=1S/C56H33N5O4S2/c57-34-36-14-4-12-24-49(36)66(62,63)41-30-26-39(27-31-41)60-47-22-10-7-19-44(47)52-54-51(43-18-6-9-21-46(43)59(54)38-16-2-1-3-17-38)55-53(56(52)60)45-20-8-11-23-48(45)61(55)40-28-32-42(33-29-40)67(64,65)50-25-13-5-15-37(50)35-58/h1-33H. The van der Waals surface area contributed by atoms with E-state index in [1.807, 2.05) is 91.0 Å². The normalized spacial score (nSPS) is 12.1. The molecule has 9 nitrogen and oxygen atoms in total. The summed E-state index contributed by atoms with van der Waals surface area (Å²) in [5, 5.41) is 25.5. The Morgan fingerprint density at radius 2 is 0.627 bits per heavy atom. The summed E-state index contributed by atoms with van der Waals surface area (Å²) in [5.41, 5.74) is 8.13. The molecule has 0 aliphatic rings. The molecule has 12 rings (SSSR count). The van der Waals surface area contributed by atoms with Crippen molar-refractivity contribution in [3.8, 4) is 29.2 Å². The van der Waals surface area contributed by atoms with Gasteiger partial charge in [-0.15, -0.1) is 0 Å². The Kier molecular flexibility index (Phi) is 8.86. The zero-order chi connectivity index (χ0) is 45.6. The lowest BCUT2D eigenvalue weighted by Crippen LogP contribution is -2.05. The number of fused-ring (bicyclic) bond motifs is 12. The van der Waals surface area contributed by atoms with E-state index in [1.165, 1.54) is 24.3 Å². The van der Waals surface area contributed by atoms with E-state index >= 15 is 0 Å². The van der Waals surface area contributed by atoms with Crippen LogP contribution in [-0.2, 0) is 19.7 Å². The van der Waals surface area contributed by atoms with Crippen molar-refractivity contribution in [1.29, 1.82) is 10.5 Å². The van der Waals surface area contributed by atoms with E-state index in [-0.39, 0.29) is 30.7 Å². The minimum Gasteiger partial charge on any atom is -0.308 e. The fourth-order valence-corrected chi connectivity index (χ4v) is 12.7. The monoisotopic (exact) mass is 903 g/mol. The maximum Gasteiger partial charge on any atom is 0.207 e. The molecule has 0 fully saturated rings. The molecule has 0 unspecified atom stereocenters. The van der Waals surface area contributed by atoms with E-state index in [1.54, 1.807) is 48.5 Å². The molecular formula is C56H33N5O4S2. The molecular weight excluding hydrogens is 871 g/mol. The molecule has 0 aliphatic carbocycles. The first kappa shape index (κ1) is 39.8. The van der Waals surface area contributed by atoms with Crippen LogP contribution in [0, 0.1) is 22.7 Å². The van der Waals surface area contributed by atoms with Crippen LogP contribution in [0.2, 0.25) is 0 Å². The van der Waals surface area contributed by atoms with Gasteiger partial charge in [0.1, 0.15) is 12.1 Å². The third-order valence-corrected chi connectivity index (χ3v) is 16.4. The van der Waals surface area contributed by atoms with Gasteiger partial charge in [0.2, 0.25) is 19.7 Å². The summed E-state index contributed by atoms with van der Waals surface area (Å²) in [6.45, 7) is 0. The van der Waals surface area contributed by atoms with Crippen molar-refractivity contribution in [2.75, 3.05) is 0 Å². The van der Waals surface area contributed by atoms with E-state index in [4.69, 9.17) is 0 Å². The van der Waals surface area contributed by atoms with Crippen LogP contribution in [0.3, 0.4) is 0 Å². The number of rotatable bonds is 7. The molecule has 0 saturated heterocycles. The molecule has 3 aromatic heterocycles. The molecule has 12 aromatic rings. The zero-order valence-electron chi connectivity index (χ0n) is 35.2. The number of sulfone groups is 2. The van der Waals surface area contributed by atoms with Gasteiger partial charge in [0.15, 0.2) is 0 Å². The van der Waals surface area contributed by atoms with Crippen LogP contribution in [0.1, 0.15) is 11.1 Å². The molecule has 0 amide bonds. The summed E-state index contributed by atoms with van der Waals surface area (Å²) >= 11 is 0. The van der Waals surface area contributed by atoms with Crippen molar-refractivity contribution in [3.63, 3.8) is 0 Å². The summed E-state index contributed by atoms with van der Waals surface area (Å²) in [4.78, 5) is 0.0278. The van der Waals surface area contributed by atoms with E-state index in [0.717, 1.165) is 82.5 Å². The summed E-state index contributed by atoms with van der Waals surface area (Å²) in [5.74, 6) is 0. The number of hydrogen-bond acceptors (Lipinski definition) is 6. The SMILES string of the molecule is N#Cc1ccccc1S(=O)(=O)c1ccc(-n2c3ccccc3c3c4c(c5ccccc5n4-c4ccccc4)c4c(c5ccccc5n4-c4ccc(S(=O)(=O)c5ccccc5C#N)cc4)c32)cc1. The van der Waals surface area contributed by atoms with Gasteiger partial charge in [-0.1, -0.05) is 97.1 Å². The molecule has 0 atom stereocenters. The number of aromatic nitrogens is 3. The van der Waals surface area contributed by atoms with Crippen molar-refractivity contribution in [1.82, 2.24) is 13.7 Å². The van der Waals surface area contributed by atoms with Gasteiger partial charge in [0.05, 0.1) is 63.8 Å². The zero-order valence-corrected chi connectivity index (χ0v) is 36.9. The van der Waals surface area contributed by atoms with Crippen molar-refractivity contribution < 1.29 is 16.8 Å². The second kappa shape index (κ2) is 14.9. The molecule has 3 heterocycles. The molecule has 9 aromatic carbocycles. The van der Waals surface area contributed by atoms with Gasteiger partial charge >= 0.3 is 0 Å². The quantitative estimate of drug-likeness (QED) is 0.156. The predicted octanol–water partition coefficient (Wildman–Crippen LogP) is 12.4. The van der Waals surface area contributed by atoms with Crippen molar-refractivity contribution in [3.05, 3.63) is 211 Å². The first-order valence-corrected chi connectivity index (χ1v) is 24.3. The Morgan fingerprint density at radius 1 is 0.328 bits per heavy atom. The van der Waals surface area contributed by atoms with E-state index in [2.05, 4.69) is 62.2 Å². The van der Waals surface area contributed by atoms with Crippen LogP contribution in [0.4, 0.5) is 0 Å². The van der Waals surface area contributed by atoms with Crippen LogP contribution in [0.15, 0.2) is 220 Å². The van der Waals surface area contributed by atoms with E-state index in [0.29, 0.717) is 0 Å². The van der Waals surface area contributed by atoms with Crippen molar-refractivity contribution in [2.45, 2.75) is 19.6 Å². The fourth-order valence-electron chi connectivity index (χ4n) is 9.92. The summed E-state index contributed by atoms with van der Waals surface area (Å²) < 4.78 is 63.0. The average molecular weight is 904 g/mol. The van der Waals surface area contributed by atoms with E-state index < -0.39 is 19.7 Å². The summed E-state index contributed by atoms with van der Waals surface area (Å²) in [6.07, 6.45) is 0. The molecule has 0 radical (unpaired) electrons. The highest BCUT2D eigenvalue weighted by Crippen LogP contribution is 2.50. The number of hydrogen-bond donors (Lipinski definition) is 0. The molecule has 67 heavy (non-hydrogen) atoms. The summed E-state index contributed by atoms with van der Waals surface area (Å²) in [6, 6.07) is 65.3. The number of nitrogens with zero attached hydrogens (tertiary/aromatic N) is 5. The molecule has 0 bridgehead atoms. The van der Waals surface area contributed by atoms with Gasteiger partial charge in [-0.2, -0.15) is 10.5 Å². The van der Waals surface area contributed by atoms with Gasteiger partial charge in [-0.25, -0.2) is 16.8 Å². The molecule has 0 aliphatic heterocycles. The Morgan fingerprint density at radius 3 is 0.985 bits per heavy atom. The number of para-hydroxylation sites is 4. The van der Waals surface area contributed by atoms with Gasteiger partial charge in [-0.05, 0) is 103 Å². The van der Waals surface area contributed by atoms with Gasteiger partial charge in [0, 0.05) is 49.4 Å². The lowest BCUT2D eigenvalue weighted by Gasteiger charge is -2.14. The summed E-state index contributed by atoms with van der Waals surface area (Å²) in [7, 11) is -8.09. The second-order valence-electron chi connectivity index (χ2n) is 16.3. The molecule has 318 valence electrons. The fraction of sp³-hybridized carbons (Fsp3) is 0. The minimum absolute atomic E-state index is 0.0506. The lowest BCUT2D eigenvalue weighted by atomic mass is 10.0. The van der Waals surface area contributed by atoms with Crippen LogP contribution in [0.5, 0.6) is 0 Å². The first-order chi connectivity index (χ1) is 32.7. The topological polar surface area (TPSA) is 131 Å². The second-order valence-corrected chi connectivity index (χ2v) is 20.1. The Balaban J connectivity index is 1.23. The van der Waals surface area contributed by atoms with Gasteiger partial charge in [-0.3, -0.25) is 0 Å². The number of benzene rings is 9. The average Bonchev–Trinajstić information content (AvgIpc) is 4.03. The predicted molar refractivity (Wildman–Crippen MR) is 263 cm³/mol. The van der Waals surface area contributed by atoms with E-state index in [9.17, 15) is 27.4 Å². The Hall–Kier alpha value is -8.74. The van der Waals surface area contributed by atoms with Crippen LogP contribution >= 0.6 is 0 Å². The maximum atomic E-state index is 14.1. The minimum atomic E-state index is -4.05. The third-order valence-electron chi connectivity index (χ3n) is 12.8. The van der Waals surface area contributed by atoms with Crippen molar-refractivity contribution >= 4 is 85.1 Å². The largest absolute Gasteiger partial charge is 0.308 e. The highest BCUT2D eigenvalue weighted by atomic mass is 32.2. The highest BCUT2D eigenvalue weighted by molar-refractivity contribution is 7.91. The molecule has 0 N–H and O–H groups in total. The van der Waals surface area contributed by atoms with Crippen molar-refractivity contribution in [2.24, 2.45) is 0 Å². The first-order valence-electron chi connectivity index (χ1n) is 21.4. The number of nitriles is 2. The third kappa shape index (κ3) is 5.76. The molecule has 11 heteroatoms. The highest BCUT2D eigenvalue weighted by Gasteiger charge is 2.30. The molecule has 0 spiro atoms. The van der Waals surface area contributed by atoms with Crippen LogP contribution in [-0.4, -0.2) is 30.5 Å². The Bertz CT molecular complexity index is 4200. The smallest absolute Gasteiger partial charge is 0.207 e. The van der Waals surface area contributed by atoms with Gasteiger partial charge < -0.3 is 13.7 Å². The van der Waals surface area contributed by atoms with Crippen LogP contribution in [0.25, 0.3) is 82.5 Å². The van der Waals surface area contributed by atoms with Crippen LogP contribution < -0.4 is 0 Å². The van der Waals surface area contributed by atoms with Gasteiger partial charge in [0.25, 0.3) is 0 Å². The Labute approximate surface area is 384 Å². The lowest BCUT2D eigenvalue weighted by molar-refractivity contribution is 0.594. The molecule has 0 saturated carbocycles.